The van der Waals surface area contributed by atoms with Gasteiger partial charge in [0.15, 0.2) is 0 Å². The van der Waals surface area contributed by atoms with E-state index in [2.05, 4.69) is 15.5 Å². The van der Waals surface area contributed by atoms with Crippen molar-refractivity contribution in [1.82, 2.24) is 15.5 Å². The molecule has 0 aliphatic carbocycles. The summed E-state index contributed by atoms with van der Waals surface area (Å²) in [4.78, 5) is 27.9. The van der Waals surface area contributed by atoms with Crippen LogP contribution < -0.4 is 10.6 Å². The first-order valence-corrected chi connectivity index (χ1v) is 11.1. The van der Waals surface area contributed by atoms with E-state index >= 15 is 0 Å². The maximum absolute atomic E-state index is 13.1. The van der Waals surface area contributed by atoms with Crippen LogP contribution in [0, 0.1) is 11.7 Å². The van der Waals surface area contributed by atoms with Gasteiger partial charge in [0.2, 0.25) is 5.91 Å². The number of halogens is 2. The molecule has 2 aromatic carbocycles. The fourth-order valence-electron chi connectivity index (χ4n) is 3.70. The molecule has 0 radical (unpaired) electrons. The van der Waals surface area contributed by atoms with Crippen molar-refractivity contribution in [1.29, 1.82) is 0 Å². The number of hydrogen-bond acceptors (Lipinski definition) is 4. The fourth-order valence-corrected chi connectivity index (χ4v) is 3.83. The van der Waals surface area contributed by atoms with Crippen LogP contribution in [0.5, 0.6) is 0 Å². The average Bonchev–Trinajstić information content (AvgIpc) is 2.79. The number of carbonyl (C=O) groups is 2. The molecule has 0 saturated carbocycles. The topological polar surface area (TPSA) is 70.7 Å². The lowest BCUT2D eigenvalue weighted by Crippen LogP contribution is -2.52. The summed E-state index contributed by atoms with van der Waals surface area (Å²) in [7, 11) is 0. The molecule has 0 bridgehead atoms. The van der Waals surface area contributed by atoms with Crippen molar-refractivity contribution in [2.45, 2.75) is 25.9 Å². The molecule has 0 unspecified atom stereocenters. The minimum atomic E-state index is -0.719. The number of hydrogen-bond donors (Lipinski definition) is 2. The number of amides is 2. The molecule has 2 atom stereocenters. The summed E-state index contributed by atoms with van der Waals surface area (Å²) in [6.45, 7) is 6.93. The second-order valence-electron chi connectivity index (χ2n) is 8.16. The largest absolute Gasteiger partial charge is 0.379 e. The average molecular weight is 462 g/mol. The van der Waals surface area contributed by atoms with E-state index in [1.165, 1.54) is 24.3 Å². The Bertz CT molecular complexity index is 900. The molecule has 1 aliphatic rings. The molecule has 2 aromatic rings. The number of carbonyl (C=O) groups excluding carboxylic acids is 2. The van der Waals surface area contributed by atoms with Gasteiger partial charge >= 0.3 is 0 Å². The molecule has 0 spiro atoms. The van der Waals surface area contributed by atoms with Crippen molar-refractivity contribution >= 4 is 23.4 Å². The SMILES string of the molecule is CC(C)[C@H](NC(=O)c1ccc(F)cc1)C(=O)NC[C@@H](c1ccc(Cl)cc1)N1CCOCC1. The molecule has 1 aliphatic heterocycles. The van der Waals surface area contributed by atoms with Gasteiger partial charge in [0, 0.05) is 30.2 Å². The van der Waals surface area contributed by atoms with Crippen molar-refractivity contribution in [2.24, 2.45) is 5.92 Å². The molecule has 32 heavy (non-hydrogen) atoms. The normalized spacial score (nSPS) is 16.4. The van der Waals surface area contributed by atoms with Crippen LogP contribution >= 0.6 is 11.6 Å². The third-order valence-corrected chi connectivity index (χ3v) is 5.80. The highest BCUT2D eigenvalue weighted by Crippen LogP contribution is 2.23. The standard InChI is InChI=1S/C24H29ClFN3O3/c1-16(2)22(28-23(30)18-5-9-20(26)10-6-18)24(31)27-15-21(29-11-13-32-14-12-29)17-3-7-19(25)8-4-17/h3-10,16,21-22H,11-15H2,1-2H3,(H,27,31)(H,28,30)/t21-,22-/m0/s1. The van der Waals surface area contributed by atoms with Crippen molar-refractivity contribution in [2.75, 3.05) is 32.8 Å². The van der Waals surface area contributed by atoms with E-state index in [1.807, 2.05) is 38.1 Å². The molecule has 8 heteroatoms. The molecule has 2 amide bonds. The minimum absolute atomic E-state index is 0.0410. The first-order valence-electron chi connectivity index (χ1n) is 10.8. The van der Waals surface area contributed by atoms with Gasteiger partial charge in [-0.1, -0.05) is 37.6 Å². The number of morpholine rings is 1. The van der Waals surface area contributed by atoms with E-state index in [-0.39, 0.29) is 17.9 Å². The van der Waals surface area contributed by atoms with Crippen LogP contribution in [0.4, 0.5) is 4.39 Å². The molecule has 0 aromatic heterocycles. The molecule has 2 N–H and O–H groups in total. The van der Waals surface area contributed by atoms with Crippen LogP contribution in [0.25, 0.3) is 0 Å². The molecule has 1 fully saturated rings. The van der Waals surface area contributed by atoms with Gasteiger partial charge in [0.25, 0.3) is 5.91 Å². The Morgan fingerprint density at radius 3 is 2.28 bits per heavy atom. The summed E-state index contributed by atoms with van der Waals surface area (Å²) in [5, 5.41) is 6.44. The van der Waals surface area contributed by atoms with Crippen LogP contribution in [0.2, 0.25) is 5.02 Å². The van der Waals surface area contributed by atoms with Gasteiger partial charge in [-0.2, -0.15) is 0 Å². The molecule has 1 heterocycles. The number of nitrogens with one attached hydrogen (secondary N) is 2. The zero-order valence-electron chi connectivity index (χ0n) is 18.3. The Kier molecular flexibility index (Phi) is 8.61. The minimum Gasteiger partial charge on any atom is -0.379 e. The summed E-state index contributed by atoms with van der Waals surface area (Å²) >= 11 is 6.05. The lowest BCUT2D eigenvalue weighted by Gasteiger charge is -2.35. The van der Waals surface area contributed by atoms with Gasteiger partial charge in [-0.15, -0.1) is 0 Å². The van der Waals surface area contributed by atoms with E-state index in [4.69, 9.17) is 16.3 Å². The highest BCUT2D eigenvalue weighted by Gasteiger charge is 2.28. The number of rotatable bonds is 8. The van der Waals surface area contributed by atoms with Crippen LogP contribution in [0.15, 0.2) is 48.5 Å². The first kappa shape index (κ1) is 24.2. The summed E-state index contributed by atoms with van der Waals surface area (Å²) in [6.07, 6.45) is 0. The number of benzene rings is 2. The summed E-state index contributed by atoms with van der Waals surface area (Å²) in [5.41, 5.74) is 1.35. The third kappa shape index (κ3) is 6.51. The summed E-state index contributed by atoms with van der Waals surface area (Å²) in [5.74, 6) is -1.23. The maximum Gasteiger partial charge on any atom is 0.251 e. The van der Waals surface area contributed by atoms with Crippen molar-refractivity contribution in [3.05, 3.63) is 70.5 Å². The zero-order valence-corrected chi connectivity index (χ0v) is 19.1. The van der Waals surface area contributed by atoms with Crippen LogP contribution in [-0.2, 0) is 9.53 Å². The van der Waals surface area contributed by atoms with E-state index in [0.29, 0.717) is 30.3 Å². The Hall–Kier alpha value is -2.48. The molecular weight excluding hydrogens is 433 g/mol. The molecule has 3 rings (SSSR count). The fraction of sp³-hybridized carbons (Fsp3) is 0.417. The quantitative estimate of drug-likeness (QED) is 0.632. The van der Waals surface area contributed by atoms with Crippen molar-refractivity contribution in [3.63, 3.8) is 0 Å². The predicted molar refractivity (Wildman–Crippen MR) is 122 cm³/mol. The maximum atomic E-state index is 13.1. The molecule has 172 valence electrons. The first-order chi connectivity index (χ1) is 15.3. The predicted octanol–water partition coefficient (Wildman–Crippen LogP) is 3.42. The molecule has 6 nitrogen and oxygen atoms in total. The second kappa shape index (κ2) is 11.4. The monoisotopic (exact) mass is 461 g/mol. The van der Waals surface area contributed by atoms with Gasteiger partial charge < -0.3 is 15.4 Å². The Labute approximate surface area is 193 Å². The smallest absolute Gasteiger partial charge is 0.251 e. The lowest BCUT2D eigenvalue weighted by molar-refractivity contribution is -0.124. The van der Waals surface area contributed by atoms with Gasteiger partial charge in [0.05, 0.1) is 19.3 Å². The van der Waals surface area contributed by atoms with Crippen molar-refractivity contribution in [3.8, 4) is 0 Å². The Morgan fingerprint density at radius 1 is 1.06 bits per heavy atom. The van der Waals surface area contributed by atoms with Crippen LogP contribution in [-0.4, -0.2) is 55.6 Å². The van der Waals surface area contributed by atoms with E-state index in [9.17, 15) is 14.0 Å². The third-order valence-electron chi connectivity index (χ3n) is 5.55. The summed E-state index contributed by atoms with van der Waals surface area (Å²) < 4.78 is 18.6. The molecular formula is C24H29ClFN3O3. The van der Waals surface area contributed by atoms with Crippen LogP contribution in [0.1, 0.15) is 35.8 Å². The Balaban J connectivity index is 1.68. The highest BCUT2D eigenvalue weighted by atomic mass is 35.5. The second-order valence-corrected chi connectivity index (χ2v) is 8.60. The van der Waals surface area contributed by atoms with Crippen LogP contribution in [0.3, 0.4) is 0 Å². The van der Waals surface area contributed by atoms with Gasteiger partial charge in [-0.05, 0) is 47.9 Å². The summed E-state index contributed by atoms with van der Waals surface area (Å²) in [6, 6.07) is 12.1. The number of nitrogens with zero attached hydrogens (tertiary/aromatic N) is 1. The van der Waals surface area contributed by atoms with Gasteiger partial charge in [-0.25, -0.2) is 4.39 Å². The van der Waals surface area contributed by atoms with E-state index in [0.717, 1.165) is 18.7 Å². The Morgan fingerprint density at radius 2 is 1.69 bits per heavy atom. The lowest BCUT2D eigenvalue weighted by atomic mass is 10.0. The zero-order chi connectivity index (χ0) is 23.1. The van der Waals surface area contributed by atoms with Gasteiger partial charge in [-0.3, -0.25) is 14.5 Å². The van der Waals surface area contributed by atoms with E-state index < -0.39 is 17.8 Å². The number of ether oxygens (including phenoxy) is 1. The van der Waals surface area contributed by atoms with Crippen molar-refractivity contribution < 1.29 is 18.7 Å². The van der Waals surface area contributed by atoms with E-state index in [1.54, 1.807) is 0 Å². The molecule has 1 saturated heterocycles. The van der Waals surface area contributed by atoms with Gasteiger partial charge in [0.1, 0.15) is 11.9 Å². The highest BCUT2D eigenvalue weighted by molar-refractivity contribution is 6.30.